The average Bonchev–Trinajstić information content (AvgIpc) is 2.85. The lowest BCUT2D eigenvalue weighted by molar-refractivity contribution is -0.146. The van der Waals surface area contributed by atoms with Crippen LogP contribution in [-0.4, -0.2) is 29.1 Å². The van der Waals surface area contributed by atoms with E-state index in [1.807, 2.05) is 18.2 Å². The summed E-state index contributed by atoms with van der Waals surface area (Å²) in [6.07, 6.45) is 3.02. The van der Waals surface area contributed by atoms with Crippen molar-refractivity contribution in [2.24, 2.45) is 5.41 Å². The summed E-state index contributed by atoms with van der Waals surface area (Å²) < 4.78 is 0. The van der Waals surface area contributed by atoms with E-state index in [0.29, 0.717) is 6.42 Å². The van der Waals surface area contributed by atoms with E-state index in [9.17, 15) is 9.90 Å². The molecule has 0 saturated carbocycles. The van der Waals surface area contributed by atoms with Crippen LogP contribution in [0.3, 0.4) is 0 Å². The molecular formula is C16H22ClNO2. The van der Waals surface area contributed by atoms with Gasteiger partial charge in [0.15, 0.2) is 0 Å². The van der Waals surface area contributed by atoms with E-state index >= 15 is 0 Å². The van der Waals surface area contributed by atoms with Crippen molar-refractivity contribution < 1.29 is 9.90 Å². The molecular weight excluding hydrogens is 274 g/mol. The molecule has 1 aromatic rings. The van der Waals surface area contributed by atoms with Gasteiger partial charge in [-0.15, -0.1) is 0 Å². The van der Waals surface area contributed by atoms with E-state index < -0.39 is 11.4 Å². The number of carboxylic acid groups (broad SMARTS) is 1. The number of carbonyl (C=O) groups is 1. The maximum absolute atomic E-state index is 11.2. The van der Waals surface area contributed by atoms with Gasteiger partial charge in [0.1, 0.15) is 0 Å². The van der Waals surface area contributed by atoms with Crippen molar-refractivity contribution in [3.05, 3.63) is 34.3 Å². The maximum Gasteiger partial charge on any atom is 0.309 e. The fourth-order valence-corrected chi connectivity index (χ4v) is 2.86. The zero-order valence-corrected chi connectivity index (χ0v) is 12.9. The van der Waals surface area contributed by atoms with E-state index in [4.69, 9.17) is 11.6 Å². The van der Waals surface area contributed by atoms with Gasteiger partial charge >= 0.3 is 5.97 Å². The number of carboxylic acids is 1. The Bertz CT molecular complexity index is 493. The van der Waals surface area contributed by atoms with Crippen LogP contribution in [0.4, 0.5) is 0 Å². The van der Waals surface area contributed by atoms with Crippen molar-refractivity contribution in [3.63, 3.8) is 0 Å². The molecule has 3 nitrogen and oxygen atoms in total. The topological polar surface area (TPSA) is 40.5 Å². The number of hydrogen-bond acceptors (Lipinski definition) is 2. The minimum Gasteiger partial charge on any atom is -0.481 e. The molecule has 1 fully saturated rings. The van der Waals surface area contributed by atoms with E-state index in [2.05, 4.69) is 4.90 Å². The second-order valence-corrected chi connectivity index (χ2v) is 6.68. The first-order valence-corrected chi connectivity index (χ1v) is 7.49. The highest BCUT2D eigenvalue weighted by atomic mass is 35.5. The SMILES string of the molecule is CC(C)(Cc1ccc(CN2CCCC2)c(Cl)c1)C(=O)O. The number of likely N-dealkylation sites (tertiary alicyclic amines) is 1. The van der Waals surface area contributed by atoms with E-state index in [0.717, 1.165) is 35.8 Å². The van der Waals surface area contributed by atoms with Crippen molar-refractivity contribution in [3.8, 4) is 0 Å². The van der Waals surface area contributed by atoms with Crippen LogP contribution in [0.5, 0.6) is 0 Å². The Labute approximate surface area is 125 Å². The van der Waals surface area contributed by atoms with E-state index in [1.54, 1.807) is 13.8 Å². The van der Waals surface area contributed by atoms with Crippen LogP contribution in [0.15, 0.2) is 18.2 Å². The van der Waals surface area contributed by atoms with Crippen molar-refractivity contribution in [2.75, 3.05) is 13.1 Å². The number of benzene rings is 1. The predicted octanol–water partition coefficient (Wildman–Crippen LogP) is 3.59. The molecule has 0 amide bonds. The zero-order chi connectivity index (χ0) is 14.8. The van der Waals surface area contributed by atoms with Gasteiger partial charge in [-0.2, -0.15) is 0 Å². The summed E-state index contributed by atoms with van der Waals surface area (Å²) in [4.78, 5) is 13.6. The second-order valence-electron chi connectivity index (χ2n) is 6.27. The summed E-state index contributed by atoms with van der Waals surface area (Å²) in [5, 5.41) is 9.92. The largest absolute Gasteiger partial charge is 0.481 e. The Morgan fingerprint density at radius 3 is 2.55 bits per heavy atom. The summed E-state index contributed by atoms with van der Waals surface area (Å²) in [6.45, 7) is 6.65. The Balaban J connectivity index is 2.07. The van der Waals surface area contributed by atoms with Gasteiger partial charge in [-0.05, 0) is 63.4 Å². The molecule has 4 heteroatoms. The van der Waals surface area contributed by atoms with Crippen LogP contribution in [0.2, 0.25) is 5.02 Å². The molecule has 1 aliphatic heterocycles. The van der Waals surface area contributed by atoms with Gasteiger partial charge in [-0.25, -0.2) is 0 Å². The third-order valence-corrected chi connectivity index (χ3v) is 4.29. The number of rotatable bonds is 5. The number of aliphatic carboxylic acids is 1. The molecule has 0 spiro atoms. The van der Waals surface area contributed by atoms with Gasteiger partial charge in [-0.3, -0.25) is 9.69 Å². The van der Waals surface area contributed by atoms with Crippen molar-refractivity contribution in [2.45, 2.75) is 39.7 Å². The zero-order valence-electron chi connectivity index (χ0n) is 12.2. The van der Waals surface area contributed by atoms with Crippen LogP contribution in [0.25, 0.3) is 0 Å². The van der Waals surface area contributed by atoms with E-state index in [1.165, 1.54) is 12.8 Å². The Morgan fingerprint density at radius 1 is 1.35 bits per heavy atom. The first kappa shape index (κ1) is 15.3. The molecule has 0 radical (unpaired) electrons. The lowest BCUT2D eigenvalue weighted by Gasteiger charge is -2.20. The fourth-order valence-electron chi connectivity index (χ4n) is 2.60. The molecule has 0 aromatic heterocycles. The normalized spacial score (nSPS) is 16.6. The summed E-state index contributed by atoms with van der Waals surface area (Å²) in [7, 11) is 0. The van der Waals surface area contributed by atoms with E-state index in [-0.39, 0.29) is 0 Å². The predicted molar refractivity (Wildman–Crippen MR) is 81.1 cm³/mol. The molecule has 1 aromatic carbocycles. The third-order valence-electron chi connectivity index (χ3n) is 3.94. The lowest BCUT2D eigenvalue weighted by atomic mass is 9.86. The van der Waals surface area contributed by atoms with Gasteiger partial charge in [-0.1, -0.05) is 23.7 Å². The smallest absolute Gasteiger partial charge is 0.309 e. The Morgan fingerprint density at radius 2 is 2.00 bits per heavy atom. The van der Waals surface area contributed by atoms with Crippen LogP contribution < -0.4 is 0 Å². The molecule has 1 N–H and O–H groups in total. The number of halogens is 1. The summed E-state index contributed by atoms with van der Waals surface area (Å²) in [6, 6.07) is 5.95. The quantitative estimate of drug-likeness (QED) is 0.902. The van der Waals surface area contributed by atoms with Gasteiger partial charge in [0.25, 0.3) is 0 Å². The van der Waals surface area contributed by atoms with Crippen molar-refractivity contribution in [1.29, 1.82) is 0 Å². The van der Waals surface area contributed by atoms with Gasteiger partial charge in [0.2, 0.25) is 0 Å². The average molecular weight is 296 g/mol. The molecule has 0 atom stereocenters. The molecule has 1 saturated heterocycles. The molecule has 0 aliphatic carbocycles. The highest BCUT2D eigenvalue weighted by molar-refractivity contribution is 6.31. The van der Waals surface area contributed by atoms with Crippen LogP contribution in [0.1, 0.15) is 37.8 Å². The minimum absolute atomic E-state index is 0.492. The van der Waals surface area contributed by atoms with Gasteiger partial charge in [0.05, 0.1) is 5.41 Å². The standard InChI is InChI=1S/C16H22ClNO2/c1-16(2,15(19)20)10-12-5-6-13(14(17)9-12)11-18-7-3-4-8-18/h5-6,9H,3-4,7-8,10-11H2,1-2H3,(H,19,20). The molecule has 0 bridgehead atoms. The second kappa shape index (κ2) is 6.15. The first-order chi connectivity index (χ1) is 9.38. The number of hydrogen-bond donors (Lipinski definition) is 1. The van der Waals surface area contributed by atoms with Gasteiger partial charge in [0, 0.05) is 11.6 Å². The van der Waals surface area contributed by atoms with Crippen molar-refractivity contribution in [1.82, 2.24) is 4.90 Å². The minimum atomic E-state index is -0.783. The molecule has 1 aliphatic rings. The monoisotopic (exact) mass is 295 g/mol. The molecule has 1 heterocycles. The highest BCUT2D eigenvalue weighted by Gasteiger charge is 2.27. The Kier molecular flexibility index (Phi) is 4.71. The fraction of sp³-hybridized carbons (Fsp3) is 0.562. The van der Waals surface area contributed by atoms with Gasteiger partial charge < -0.3 is 5.11 Å². The van der Waals surface area contributed by atoms with Crippen molar-refractivity contribution >= 4 is 17.6 Å². The highest BCUT2D eigenvalue weighted by Crippen LogP contribution is 2.26. The van der Waals surface area contributed by atoms with Crippen LogP contribution >= 0.6 is 11.6 Å². The molecule has 2 rings (SSSR count). The number of nitrogens with zero attached hydrogens (tertiary/aromatic N) is 1. The summed E-state index contributed by atoms with van der Waals surface area (Å²) in [5.41, 5.74) is 1.35. The Hall–Kier alpha value is -1.06. The molecule has 20 heavy (non-hydrogen) atoms. The molecule has 0 unspecified atom stereocenters. The first-order valence-electron chi connectivity index (χ1n) is 7.11. The molecule has 110 valence electrons. The summed E-state index contributed by atoms with van der Waals surface area (Å²) in [5.74, 6) is -0.783. The maximum atomic E-state index is 11.2. The lowest BCUT2D eigenvalue weighted by Crippen LogP contribution is -2.26. The summed E-state index contributed by atoms with van der Waals surface area (Å²) >= 11 is 6.34. The van der Waals surface area contributed by atoms with Crippen LogP contribution in [0, 0.1) is 5.41 Å². The van der Waals surface area contributed by atoms with Crippen LogP contribution in [-0.2, 0) is 17.8 Å². The third kappa shape index (κ3) is 3.74.